The average molecular weight is 568 g/mol. The van der Waals surface area contributed by atoms with E-state index in [0.29, 0.717) is 0 Å². The summed E-state index contributed by atoms with van der Waals surface area (Å²) in [4.78, 5) is 15.4. The molecule has 0 N–H and O–H groups in total. The maximum Gasteiger partial charge on any atom is 0.0982 e. The van der Waals surface area contributed by atoms with E-state index < -0.39 is 0 Å². The summed E-state index contributed by atoms with van der Waals surface area (Å²) in [6.45, 7) is 6.83. The van der Waals surface area contributed by atoms with Crippen LogP contribution >= 0.6 is 0 Å². The van der Waals surface area contributed by atoms with Gasteiger partial charge in [0.25, 0.3) is 0 Å². The van der Waals surface area contributed by atoms with Gasteiger partial charge >= 0.3 is 0 Å². The molecule has 5 aromatic carbocycles. The lowest BCUT2D eigenvalue weighted by atomic mass is 9.79. The zero-order chi connectivity index (χ0) is 30.1. The largest absolute Gasteiger partial charge is 0.264 e. The fourth-order valence-corrected chi connectivity index (χ4v) is 5.89. The summed E-state index contributed by atoms with van der Waals surface area (Å²) in [7, 11) is 0. The lowest BCUT2D eigenvalue weighted by molar-refractivity contribution is 0.593. The first-order chi connectivity index (χ1) is 21.5. The zero-order valence-electron chi connectivity index (χ0n) is 25.2. The van der Waals surface area contributed by atoms with Gasteiger partial charge in [-0.2, -0.15) is 0 Å². The van der Waals surface area contributed by atoms with Gasteiger partial charge in [0.05, 0.1) is 22.4 Å². The van der Waals surface area contributed by atoms with Crippen molar-refractivity contribution in [3.63, 3.8) is 0 Å². The lowest BCUT2D eigenvalue weighted by Crippen LogP contribution is -2.14. The summed E-state index contributed by atoms with van der Waals surface area (Å²) >= 11 is 0. The first kappa shape index (κ1) is 27.4. The van der Waals surface area contributed by atoms with Gasteiger partial charge in [-0.15, -0.1) is 0 Å². The molecule has 0 fully saturated rings. The first-order valence-corrected chi connectivity index (χ1v) is 15.0. The Labute approximate surface area is 259 Å². The van der Waals surface area contributed by atoms with Gasteiger partial charge in [-0.25, -0.2) is 9.97 Å². The van der Waals surface area contributed by atoms with Crippen LogP contribution in [0.3, 0.4) is 0 Å². The lowest BCUT2D eigenvalue weighted by Gasteiger charge is -2.26. The molecule has 212 valence electrons. The third kappa shape index (κ3) is 5.18. The molecule has 3 nitrogen and oxygen atoms in total. The van der Waals surface area contributed by atoms with Crippen molar-refractivity contribution in [1.82, 2.24) is 15.0 Å². The van der Waals surface area contributed by atoms with Crippen molar-refractivity contribution in [2.45, 2.75) is 26.2 Å². The molecule has 7 rings (SSSR count). The second-order valence-electron chi connectivity index (χ2n) is 12.1. The van der Waals surface area contributed by atoms with Gasteiger partial charge < -0.3 is 0 Å². The van der Waals surface area contributed by atoms with E-state index in [1.54, 1.807) is 6.20 Å². The SMILES string of the molecule is CC(C)(C)c1cc(-c2ccccc2)c2nc(-c3ccccc3)c(-c3ccc(-c4cccnc4)cc3)nc2c1-c1ccccc1. The van der Waals surface area contributed by atoms with E-state index in [1.807, 2.05) is 18.3 Å². The highest BCUT2D eigenvalue weighted by Crippen LogP contribution is 2.44. The fourth-order valence-electron chi connectivity index (χ4n) is 5.89. The molecule has 2 heterocycles. The Morgan fingerprint density at radius 1 is 0.455 bits per heavy atom. The molecule has 0 aliphatic heterocycles. The average Bonchev–Trinajstić information content (AvgIpc) is 3.08. The van der Waals surface area contributed by atoms with Crippen LogP contribution in [0.4, 0.5) is 0 Å². The summed E-state index contributed by atoms with van der Waals surface area (Å²) in [6, 6.07) is 46.6. The molecule has 0 saturated heterocycles. The highest BCUT2D eigenvalue weighted by atomic mass is 14.8. The van der Waals surface area contributed by atoms with E-state index in [9.17, 15) is 0 Å². The number of pyridine rings is 1. The Bertz CT molecular complexity index is 2050. The van der Waals surface area contributed by atoms with Crippen LogP contribution < -0.4 is 0 Å². The summed E-state index contributed by atoms with van der Waals surface area (Å²) in [6.07, 6.45) is 3.69. The Balaban J connectivity index is 1.58. The van der Waals surface area contributed by atoms with Crippen LogP contribution in [0.5, 0.6) is 0 Å². The number of hydrogen-bond acceptors (Lipinski definition) is 3. The van der Waals surface area contributed by atoms with Crippen LogP contribution in [0, 0.1) is 0 Å². The van der Waals surface area contributed by atoms with Crippen LogP contribution in [-0.2, 0) is 5.41 Å². The van der Waals surface area contributed by atoms with E-state index in [4.69, 9.17) is 9.97 Å². The van der Waals surface area contributed by atoms with Crippen molar-refractivity contribution < 1.29 is 0 Å². The summed E-state index contributed by atoms with van der Waals surface area (Å²) < 4.78 is 0. The van der Waals surface area contributed by atoms with Crippen LogP contribution in [-0.4, -0.2) is 15.0 Å². The van der Waals surface area contributed by atoms with Gasteiger partial charge in [0.1, 0.15) is 0 Å². The van der Waals surface area contributed by atoms with Crippen molar-refractivity contribution in [1.29, 1.82) is 0 Å². The normalized spacial score (nSPS) is 11.5. The Kier molecular flexibility index (Phi) is 7.07. The van der Waals surface area contributed by atoms with Crippen LogP contribution in [0.15, 0.2) is 146 Å². The minimum atomic E-state index is -0.131. The van der Waals surface area contributed by atoms with Crippen LogP contribution in [0.1, 0.15) is 26.3 Å². The van der Waals surface area contributed by atoms with Gasteiger partial charge in [0, 0.05) is 34.6 Å². The third-order valence-corrected chi connectivity index (χ3v) is 8.10. The van der Waals surface area contributed by atoms with E-state index in [-0.39, 0.29) is 5.41 Å². The van der Waals surface area contributed by atoms with Gasteiger partial charge in [-0.05, 0) is 45.4 Å². The second-order valence-corrected chi connectivity index (χ2v) is 12.1. The molecule has 0 spiro atoms. The number of rotatable bonds is 5. The molecule has 0 aliphatic rings. The Morgan fingerprint density at radius 2 is 0.955 bits per heavy atom. The molecular formula is C41H33N3. The van der Waals surface area contributed by atoms with Crippen molar-refractivity contribution in [3.8, 4) is 55.9 Å². The smallest absolute Gasteiger partial charge is 0.0982 e. The summed E-state index contributed by atoms with van der Waals surface area (Å²) in [5.74, 6) is 0. The number of benzene rings is 5. The van der Waals surface area contributed by atoms with E-state index >= 15 is 0 Å². The highest BCUT2D eigenvalue weighted by Gasteiger charge is 2.26. The maximum atomic E-state index is 5.59. The van der Waals surface area contributed by atoms with Crippen molar-refractivity contribution in [2.75, 3.05) is 0 Å². The quantitative estimate of drug-likeness (QED) is 0.208. The summed E-state index contributed by atoms with van der Waals surface area (Å²) in [5, 5.41) is 0. The predicted octanol–water partition coefficient (Wildman–Crippen LogP) is 10.7. The number of hydrogen-bond donors (Lipinski definition) is 0. The van der Waals surface area contributed by atoms with Crippen molar-refractivity contribution in [3.05, 3.63) is 151 Å². The zero-order valence-corrected chi connectivity index (χ0v) is 25.2. The molecule has 7 aromatic rings. The molecule has 0 radical (unpaired) electrons. The molecule has 0 atom stereocenters. The monoisotopic (exact) mass is 567 g/mol. The first-order valence-electron chi connectivity index (χ1n) is 15.0. The predicted molar refractivity (Wildman–Crippen MR) is 183 cm³/mol. The fraction of sp³-hybridized carbons (Fsp3) is 0.0976. The van der Waals surface area contributed by atoms with Crippen LogP contribution in [0.2, 0.25) is 0 Å². The van der Waals surface area contributed by atoms with Crippen LogP contribution in [0.25, 0.3) is 66.9 Å². The molecule has 0 unspecified atom stereocenters. The van der Waals surface area contributed by atoms with Crippen molar-refractivity contribution in [2.24, 2.45) is 0 Å². The topological polar surface area (TPSA) is 38.7 Å². The summed E-state index contributed by atoms with van der Waals surface area (Å²) in [5.41, 5.74) is 13.4. The standard InChI is InChI=1S/C41H33N3/c1-41(2,3)35-26-34(29-14-7-4-8-15-29)39-40(36(35)30-16-9-5-10-17-30)44-38(37(43-39)31-18-11-6-12-19-31)32-23-21-28(22-24-32)33-20-13-25-42-27-33/h4-27H,1-3H3. The Morgan fingerprint density at radius 3 is 1.52 bits per heavy atom. The van der Waals surface area contributed by atoms with E-state index in [0.717, 1.165) is 66.9 Å². The highest BCUT2D eigenvalue weighted by molar-refractivity contribution is 6.04. The van der Waals surface area contributed by atoms with E-state index in [1.165, 1.54) is 5.56 Å². The van der Waals surface area contributed by atoms with Gasteiger partial charge in [-0.3, -0.25) is 4.98 Å². The second kappa shape index (κ2) is 11.3. The minimum absolute atomic E-state index is 0.131. The molecular weight excluding hydrogens is 534 g/mol. The molecule has 0 bridgehead atoms. The maximum absolute atomic E-state index is 5.59. The number of aromatic nitrogens is 3. The molecule has 0 amide bonds. The molecule has 3 heteroatoms. The third-order valence-electron chi connectivity index (χ3n) is 8.10. The van der Waals surface area contributed by atoms with Crippen molar-refractivity contribution >= 4 is 11.0 Å². The van der Waals surface area contributed by atoms with E-state index in [2.05, 4.69) is 147 Å². The number of fused-ring (bicyclic) bond motifs is 1. The molecule has 2 aromatic heterocycles. The van der Waals surface area contributed by atoms with Gasteiger partial charge in [0.2, 0.25) is 0 Å². The Hall–Kier alpha value is -5.41. The minimum Gasteiger partial charge on any atom is -0.264 e. The molecule has 44 heavy (non-hydrogen) atoms. The molecule has 0 aliphatic carbocycles. The van der Waals surface area contributed by atoms with Gasteiger partial charge in [0.15, 0.2) is 0 Å². The van der Waals surface area contributed by atoms with Gasteiger partial charge in [-0.1, -0.05) is 142 Å². The number of nitrogens with zero attached hydrogens (tertiary/aromatic N) is 3. The molecule has 0 saturated carbocycles.